The molecular formula is C8H11ClN4OS. The van der Waals surface area contributed by atoms with Crippen LogP contribution < -0.4 is 16.0 Å². The second-order valence-corrected chi connectivity index (χ2v) is 4.49. The van der Waals surface area contributed by atoms with Crippen LogP contribution in [0.15, 0.2) is 5.38 Å². The molecule has 2 rings (SSSR count). The fourth-order valence-electron chi connectivity index (χ4n) is 1.56. The van der Waals surface area contributed by atoms with E-state index < -0.39 is 0 Å². The highest BCUT2D eigenvalue weighted by Gasteiger charge is 2.28. The number of nitrogens with two attached hydrogens (primary N) is 1. The molecule has 0 radical (unpaired) electrons. The molecule has 0 aliphatic carbocycles. The number of nitrogens with one attached hydrogen (secondary N) is 1. The molecule has 15 heavy (non-hydrogen) atoms. The fraction of sp³-hybridized carbons (Fsp3) is 0.500. The highest BCUT2D eigenvalue weighted by atomic mass is 35.5. The summed E-state index contributed by atoms with van der Waals surface area (Å²) >= 11 is 7.17. The van der Waals surface area contributed by atoms with Crippen molar-refractivity contribution >= 4 is 34.0 Å². The molecule has 7 heteroatoms. The number of hydrogen-bond donors (Lipinski definition) is 2. The number of carbonyl (C=O) groups is 1. The van der Waals surface area contributed by atoms with E-state index in [-0.39, 0.29) is 11.9 Å². The van der Waals surface area contributed by atoms with Crippen molar-refractivity contribution in [1.82, 2.24) is 10.3 Å². The topological polar surface area (TPSA) is 71.2 Å². The molecule has 1 aliphatic heterocycles. The second-order valence-electron chi connectivity index (χ2n) is 3.27. The fourth-order valence-corrected chi connectivity index (χ4v) is 2.59. The normalized spacial score (nSPS) is 21.7. The zero-order valence-electron chi connectivity index (χ0n) is 7.94. The Morgan fingerprint density at radius 1 is 1.80 bits per heavy atom. The lowest BCUT2D eigenvalue weighted by atomic mass is 10.2. The van der Waals surface area contributed by atoms with Crippen LogP contribution in [0.2, 0.25) is 5.15 Å². The number of primary amides is 1. The Morgan fingerprint density at radius 3 is 3.20 bits per heavy atom. The van der Waals surface area contributed by atoms with E-state index in [0.29, 0.717) is 11.7 Å². The summed E-state index contributed by atoms with van der Waals surface area (Å²) in [6, 6.07) is -0.332. The van der Waals surface area contributed by atoms with Crippen LogP contribution in [-0.2, 0) is 4.79 Å². The number of thiazole rings is 1. The minimum absolute atomic E-state index is 0.332. The van der Waals surface area contributed by atoms with E-state index >= 15 is 0 Å². The molecule has 82 valence electrons. The summed E-state index contributed by atoms with van der Waals surface area (Å²) < 4.78 is 0. The lowest BCUT2D eigenvalue weighted by Gasteiger charge is -2.33. The highest BCUT2D eigenvalue weighted by molar-refractivity contribution is 7.14. The molecule has 0 spiro atoms. The van der Waals surface area contributed by atoms with E-state index in [2.05, 4.69) is 10.3 Å². The third-order valence-electron chi connectivity index (χ3n) is 2.28. The van der Waals surface area contributed by atoms with Crippen molar-refractivity contribution in [3.05, 3.63) is 10.5 Å². The Balaban J connectivity index is 2.21. The first kappa shape index (κ1) is 10.7. The molecule has 2 heterocycles. The predicted octanol–water partition coefficient (Wildman–Crippen LogP) is 0.0600. The lowest BCUT2D eigenvalue weighted by Crippen LogP contribution is -2.57. The molecule has 1 aliphatic rings. The Kier molecular flexibility index (Phi) is 3.08. The molecule has 1 fully saturated rings. The first-order valence-corrected chi connectivity index (χ1v) is 5.82. The van der Waals surface area contributed by atoms with Gasteiger partial charge in [-0.05, 0) is 0 Å². The molecule has 1 aromatic heterocycles. The van der Waals surface area contributed by atoms with Gasteiger partial charge in [-0.15, -0.1) is 11.3 Å². The zero-order valence-corrected chi connectivity index (χ0v) is 9.51. The molecule has 1 saturated heterocycles. The smallest absolute Gasteiger partial charge is 0.241 e. The third-order valence-corrected chi connectivity index (χ3v) is 3.48. The summed E-state index contributed by atoms with van der Waals surface area (Å²) in [4.78, 5) is 17.3. The van der Waals surface area contributed by atoms with E-state index in [0.717, 1.165) is 18.2 Å². The van der Waals surface area contributed by atoms with Crippen LogP contribution in [0.1, 0.15) is 0 Å². The van der Waals surface area contributed by atoms with Crippen LogP contribution in [0.3, 0.4) is 0 Å². The standard InChI is InChI=1S/C8H11ClN4OS/c9-6-4-15-8(12-6)13-2-1-11-3-5(13)7(10)14/h4-5,11H,1-3H2,(H2,10,14). The van der Waals surface area contributed by atoms with Crippen molar-refractivity contribution in [3.8, 4) is 0 Å². The van der Waals surface area contributed by atoms with Gasteiger partial charge in [-0.25, -0.2) is 4.98 Å². The van der Waals surface area contributed by atoms with Gasteiger partial charge in [0.1, 0.15) is 11.2 Å². The maximum absolute atomic E-state index is 11.2. The Hall–Kier alpha value is -0.850. The predicted molar refractivity (Wildman–Crippen MR) is 60.3 cm³/mol. The first-order chi connectivity index (χ1) is 7.18. The minimum Gasteiger partial charge on any atom is -0.368 e. The molecule has 0 bridgehead atoms. The van der Waals surface area contributed by atoms with E-state index in [9.17, 15) is 4.79 Å². The van der Waals surface area contributed by atoms with Crippen LogP contribution in [0.4, 0.5) is 5.13 Å². The van der Waals surface area contributed by atoms with Gasteiger partial charge in [-0.1, -0.05) is 11.6 Å². The van der Waals surface area contributed by atoms with Crippen molar-refractivity contribution < 1.29 is 4.79 Å². The van der Waals surface area contributed by atoms with Crippen LogP contribution in [0, 0.1) is 0 Å². The molecular weight excluding hydrogens is 236 g/mol. The van der Waals surface area contributed by atoms with Crippen molar-refractivity contribution in [2.75, 3.05) is 24.5 Å². The van der Waals surface area contributed by atoms with Crippen molar-refractivity contribution in [1.29, 1.82) is 0 Å². The summed E-state index contributed by atoms with van der Waals surface area (Å²) in [6.45, 7) is 2.10. The van der Waals surface area contributed by atoms with Gasteiger partial charge in [0.05, 0.1) is 0 Å². The summed E-state index contributed by atoms with van der Waals surface area (Å²) in [5, 5.41) is 6.08. The quantitative estimate of drug-likeness (QED) is 0.774. The molecule has 3 N–H and O–H groups in total. The van der Waals surface area contributed by atoms with Crippen LogP contribution in [-0.4, -0.2) is 36.6 Å². The van der Waals surface area contributed by atoms with E-state index in [4.69, 9.17) is 17.3 Å². The summed E-state index contributed by atoms with van der Waals surface area (Å²) in [6.07, 6.45) is 0. The number of anilines is 1. The molecule has 0 saturated carbocycles. The number of nitrogens with zero attached hydrogens (tertiary/aromatic N) is 2. The monoisotopic (exact) mass is 246 g/mol. The first-order valence-electron chi connectivity index (χ1n) is 4.56. The van der Waals surface area contributed by atoms with Gasteiger partial charge in [0.15, 0.2) is 5.13 Å². The van der Waals surface area contributed by atoms with Crippen LogP contribution in [0.25, 0.3) is 0 Å². The third kappa shape index (κ3) is 2.22. The van der Waals surface area contributed by atoms with Crippen LogP contribution >= 0.6 is 22.9 Å². The van der Waals surface area contributed by atoms with Crippen molar-refractivity contribution in [3.63, 3.8) is 0 Å². The highest BCUT2D eigenvalue weighted by Crippen LogP contribution is 2.25. The molecule has 1 atom stereocenters. The van der Waals surface area contributed by atoms with Crippen molar-refractivity contribution in [2.45, 2.75) is 6.04 Å². The Labute approximate surface area is 96.2 Å². The summed E-state index contributed by atoms with van der Waals surface area (Å²) in [5.41, 5.74) is 5.32. The number of halogens is 1. The zero-order chi connectivity index (χ0) is 10.8. The average molecular weight is 247 g/mol. The molecule has 5 nitrogen and oxygen atoms in total. The van der Waals surface area contributed by atoms with Gasteiger partial charge in [0.25, 0.3) is 0 Å². The van der Waals surface area contributed by atoms with Gasteiger partial charge < -0.3 is 16.0 Å². The SMILES string of the molecule is NC(=O)C1CNCCN1c1nc(Cl)cs1. The Morgan fingerprint density at radius 2 is 2.60 bits per heavy atom. The summed E-state index contributed by atoms with van der Waals surface area (Å²) in [7, 11) is 0. The number of rotatable bonds is 2. The maximum Gasteiger partial charge on any atom is 0.241 e. The number of hydrogen-bond acceptors (Lipinski definition) is 5. The number of piperazine rings is 1. The summed E-state index contributed by atoms with van der Waals surface area (Å²) in [5.74, 6) is -0.339. The maximum atomic E-state index is 11.2. The molecule has 1 unspecified atom stereocenters. The van der Waals surface area contributed by atoms with Gasteiger partial charge >= 0.3 is 0 Å². The second kappa shape index (κ2) is 4.34. The van der Waals surface area contributed by atoms with Crippen LogP contribution in [0.5, 0.6) is 0 Å². The van der Waals surface area contributed by atoms with E-state index in [1.165, 1.54) is 11.3 Å². The molecule has 1 aromatic rings. The van der Waals surface area contributed by atoms with Crippen molar-refractivity contribution in [2.24, 2.45) is 5.73 Å². The number of carbonyl (C=O) groups excluding carboxylic acids is 1. The lowest BCUT2D eigenvalue weighted by molar-refractivity contribution is -0.119. The average Bonchev–Trinajstić information content (AvgIpc) is 2.65. The van der Waals surface area contributed by atoms with Gasteiger partial charge in [0.2, 0.25) is 5.91 Å². The number of amides is 1. The largest absolute Gasteiger partial charge is 0.368 e. The number of aromatic nitrogens is 1. The van der Waals surface area contributed by atoms with E-state index in [1.807, 2.05) is 4.90 Å². The molecule has 0 aromatic carbocycles. The van der Waals surface area contributed by atoms with Gasteiger partial charge in [0, 0.05) is 25.0 Å². The van der Waals surface area contributed by atoms with E-state index in [1.54, 1.807) is 5.38 Å². The minimum atomic E-state index is -0.339. The Bertz CT molecular complexity index is 369. The molecule has 1 amide bonds. The van der Waals surface area contributed by atoms with Gasteiger partial charge in [-0.2, -0.15) is 0 Å². The van der Waals surface area contributed by atoms with Gasteiger partial charge in [-0.3, -0.25) is 4.79 Å².